The number of nitrogens with zero attached hydrogens (tertiary/aromatic N) is 2. The molecule has 0 saturated carbocycles. The lowest BCUT2D eigenvalue weighted by Crippen LogP contribution is -2.30. The molecule has 1 aromatic heterocycles. The van der Waals surface area contributed by atoms with Crippen molar-refractivity contribution < 1.29 is 14.3 Å². The van der Waals surface area contributed by atoms with E-state index in [2.05, 4.69) is 4.74 Å². The quantitative estimate of drug-likeness (QED) is 0.784. The van der Waals surface area contributed by atoms with E-state index < -0.39 is 0 Å². The molecule has 0 radical (unpaired) electrons. The molecule has 0 unspecified atom stereocenters. The van der Waals surface area contributed by atoms with Crippen LogP contribution in [0.5, 0.6) is 0 Å². The highest BCUT2D eigenvalue weighted by molar-refractivity contribution is 5.93. The Labute approximate surface area is 106 Å². The first kappa shape index (κ1) is 14.1. The summed E-state index contributed by atoms with van der Waals surface area (Å²) in [6.45, 7) is 2.92. The van der Waals surface area contributed by atoms with Crippen LogP contribution in [0.3, 0.4) is 0 Å². The number of nitrogens with two attached hydrogens (primary N) is 1. The standard InChI is InChI=1S/C12H19N3O3/c1-4-15-8-9(13)7-10(15)12(17)14(2)6-5-11(16)18-3/h7-8H,4-6,13H2,1-3H3. The van der Waals surface area contributed by atoms with Crippen molar-refractivity contribution in [2.45, 2.75) is 19.9 Å². The summed E-state index contributed by atoms with van der Waals surface area (Å²) in [6.07, 6.45) is 1.91. The number of esters is 1. The Morgan fingerprint density at radius 1 is 1.50 bits per heavy atom. The Balaban J connectivity index is 2.70. The summed E-state index contributed by atoms with van der Waals surface area (Å²) in [5.74, 6) is -0.488. The highest BCUT2D eigenvalue weighted by atomic mass is 16.5. The van der Waals surface area contributed by atoms with Crippen LogP contribution in [-0.2, 0) is 16.1 Å². The van der Waals surface area contributed by atoms with Crippen LogP contribution in [0.1, 0.15) is 23.8 Å². The lowest BCUT2D eigenvalue weighted by Gasteiger charge is -2.17. The van der Waals surface area contributed by atoms with Crippen LogP contribution < -0.4 is 5.73 Å². The topological polar surface area (TPSA) is 77.6 Å². The van der Waals surface area contributed by atoms with Crippen molar-refractivity contribution >= 4 is 17.6 Å². The number of amides is 1. The van der Waals surface area contributed by atoms with Crippen LogP contribution in [0.2, 0.25) is 0 Å². The van der Waals surface area contributed by atoms with Crippen molar-refractivity contribution in [3.63, 3.8) is 0 Å². The summed E-state index contributed by atoms with van der Waals surface area (Å²) in [4.78, 5) is 24.6. The van der Waals surface area contributed by atoms with Gasteiger partial charge in [-0.2, -0.15) is 0 Å². The number of nitrogen functional groups attached to an aromatic ring is 1. The molecular formula is C12H19N3O3. The molecule has 0 fully saturated rings. The van der Waals surface area contributed by atoms with Gasteiger partial charge in [-0.3, -0.25) is 9.59 Å². The third kappa shape index (κ3) is 3.26. The first-order chi connectivity index (χ1) is 8.49. The van der Waals surface area contributed by atoms with Crippen LogP contribution in [0.15, 0.2) is 12.3 Å². The molecule has 100 valence electrons. The summed E-state index contributed by atoms with van der Waals surface area (Å²) in [5, 5.41) is 0. The maximum absolute atomic E-state index is 12.1. The molecule has 0 aromatic carbocycles. The van der Waals surface area contributed by atoms with E-state index in [1.807, 2.05) is 6.92 Å². The van der Waals surface area contributed by atoms with Gasteiger partial charge in [0.25, 0.3) is 5.91 Å². The Morgan fingerprint density at radius 2 is 2.17 bits per heavy atom. The van der Waals surface area contributed by atoms with Crippen molar-refractivity contribution in [3.8, 4) is 0 Å². The van der Waals surface area contributed by atoms with E-state index in [9.17, 15) is 9.59 Å². The Hall–Kier alpha value is -1.98. The normalized spacial score (nSPS) is 10.2. The van der Waals surface area contributed by atoms with Crippen LogP contribution in [0.4, 0.5) is 5.69 Å². The fraction of sp³-hybridized carbons (Fsp3) is 0.500. The van der Waals surface area contributed by atoms with Crippen molar-refractivity contribution in [2.75, 3.05) is 26.4 Å². The van der Waals surface area contributed by atoms with Crippen LogP contribution in [0, 0.1) is 0 Å². The number of carbonyl (C=O) groups excluding carboxylic acids is 2. The van der Waals surface area contributed by atoms with Gasteiger partial charge in [-0.05, 0) is 13.0 Å². The number of carbonyl (C=O) groups is 2. The predicted molar refractivity (Wildman–Crippen MR) is 68.1 cm³/mol. The molecule has 0 spiro atoms. The number of anilines is 1. The number of hydrogen-bond donors (Lipinski definition) is 1. The predicted octanol–water partition coefficient (Wildman–Crippen LogP) is 0.725. The lowest BCUT2D eigenvalue weighted by molar-refractivity contribution is -0.140. The molecule has 1 aromatic rings. The second-order valence-electron chi connectivity index (χ2n) is 4.00. The molecule has 0 bridgehead atoms. The summed E-state index contributed by atoms with van der Waals surface area (Å²) in [6, 6.07) is 1.64. The Bertz CT molecular complexity index is 440. The van der Waals surface area contributed by atoms with Crippen molar-refractivity contribution in [3.05, 3.63) is 18.0 Å². The first-order valence-electron chi connectivity index (χ1n) is 5.77. The maximum Gasteiger partial charge on any atom is 0.307 e. The number of methoxy groups -OCH3 is 1. The van der Waals surface area contributed by atoms with Crippen molar-refractivity contribution in [2.24, 2.45) is 0 Å². The first-order valence-corrected chi connectivity index (χ1v) is 5.77. The van der Waals surface area contributed by atoms with E-state index >= 15 is 0 Å². The second-order valence-corrected chi connectivity index (χ2v) is 4.00. The number of rotatable bonds is 5. The third-order valence-corrected chi connectivity index (χ3v) is 2.70. The lowest BCUT2D eigenvalue weighted by atomic mass is 10.3. The number of hydrogen-bond acceptors (Lipinski definition) is 4. The number of aromatic nitrogens is 1. The third-order valence-electron chi connectivity index (χ3n) is 2.70. The molecule has 0 aliphatic carbocycles. The summed E-state index contributed by atoms with van der Waals surface area (Å²) < 4.78 is 6.32. The monoisotopic (exact) mass is 253 g/mol. The SMILES string of the molecule is CCn1cc(N)cc1C(=O)N(C)CCC(=O)OC. The molecule has 0 atom stereocenters. The average molecular weight is 253 g/mol. The molecule has 2 N–H and O–H groups in total. The highest BCUT2D eigenvalue weighted by Gasteiger charge is 2.17. The van der Waals surface area contributed by atoms with Gasteiger partial charge in [0.15, 0.2) is 0 Å². The summed E-state index contributed by atoms with van der Waals surface area (Å²) >= 11 is 0. The minimum atomic E-state index is -0.333. The summed E-state index contributed by atoms with van der Waals surface area (Å²) in [7, 11) is 2.97. The van der Waals surface area contributed by atoms with E-state index in [1.165, 1.54) is 12.0 Å². The summed E-state index contributed by atoms with van der Waals surface area (Å²) in [5.41, 5.74) is 6.76. The van der Waals surface area contributed by atoms with Gasteiger partial charge in [-0.1, -0.05) is 0 Å². The van der Waals surface area contributed by atoms with Crippen molar-refractivity contribution in [1.29, 1.82) is 0 Å². The fourth-order valence-corrected chi connectivity index (χ4v) is 1.63. The highest BCUT2D eigenvalue weighted by Crippen LogP contribution is 2.12. The molecule has 1 heterocycles. The van der Waals surface area contributed by atoms with Crippen molar-refractivity contribution in [1.82, 2.24) is 9.47 Å². The maximum atomic E-state index is 12.1. The zero-order chi connectivity index (χ0) is 13.7. The minimum absolute atomic E-state index is 0.155. The fourth-order valence-electron chi connectivity index (χ4n) is 1.63. The largest absolute Gasteiger partial charge is 0.469 e. The molecule has 0 aliphatic heterocycles. The second kappa shape index (κ2) is 6.09. The van der Waals surface area contributed by atoms with Gasteiger partial charge in [0, 0.05) is 26.3 Å². The smallest absolute Gasteiger partial charge is 0.307 e. The molecule has 6 heteroatoms. The molecule has 6 nitrogen and oxygen atoms in total. The average Bonchev–Trinajstić information content (AvgIpc) is 2.75. The van der Waals surface area contributed by atoms with Crippen LogP contribution in [0.25, 0.3) is 0 Å². The number of ether oxygens (including phenoxy) is 1. The van der Waals surface area contributed by atoms with Gasteiger partial charge in [-0.15, -0.1) is 0 Å². The van der Waals surface area contributed by atoms with E-state index in [4.69, 9.17) is 5.73 Å². The minimum Gasteiger partial charge on any atom is -0.469 e. The molecule has 0 aliphatic rings. The zero-order valence-corrected chi connectivity index (χ0v) is 11.0. The van der Waals surface area contributed by atoms with E-state index in [-0.39, 0.29) is 18.3 Å². The van der Waals surface area contributed by atoms with Gasteiger partial charge in [0.1, 0.15) is 5.69 Å². The molecule has 1 rings (SSSR count). The molecule has 1 amide bonds. The van der Waals surface area contributed by atoms with Gasteiger partial charge in [0.05, 0.1) is 19.2 Å². The Morgan fingerprint density at radius 3 is 2.72 bits per heavy atom. The molecule has 18 heavy (non-hydrogen) atoms. The van der Waals surface area contributed by atoms with Crippen LogP contribution >= 0.6 is 0 Å². The van der Waals surface area contributed by atoms with Crippen LogP contribution in [-0.4, -0.2) is 42.0 Å². The van der Waals surface area contributed by atoms with Gasteiger partial charge in [0.2, 0.25) is 0 Å². The van der Waals surface area contributed by atoms with Gasteiger partial charge in [-0.25, -0.2) is 0 Å². The van der Waals surface area contributed by atoms with E-state index in [0.29, 0.717) is 24.5 Å². The van der Waals surface area contributed by atoms with E-state index in [0.717, 1.165) is 0 Å². The van der Waals surface area contributed by atoms with Gasteiger partial charge < -0.3 is 19.9 Å². The molecule has 0 saturated heterocycles. The van der Waals surface area contributed by atoms with Gasteiger partial charge >= 0.3 is 5.97 Å². The zero-order valence-electron chi connectivity index (χ0n) is 11.0. The molecular weight excluding hydrogens is 234 g/mol. The Kier molecular flexibility index (Phi) is 4.76. The van der Waals surface area contributed by atoms with E-state index in [1.54, 1.807) is 23.9 Å². The number of aryl methyl sites for hydroxylation is 1.